The summed E-state index contributed by atoms with van der Waals surface area (Å²) in [6.07, 6.45) is 9.57. The predicted octanol–water partition coefficient (Wildman–Crippen LogP) is 2.77. The molecule has 1 aliphatic heterocycles. The van der Waals surface area contributed by atoms with Crippen molar-refractivity contribution >= 4 is 24.3 Å². The van der Waals surface area contributed by atoms with Gasteiger partial charge in [0.1, 0.15) is 5.75 Å². The summed E-state index contributed by atoms with van der Waals surface area (Å²) in [6, 6.07) is 23.2. The SMILES string of the molecule is C[N+](C)(C)CCCOc1ccc(-c2cc3[nH]c2C=c2ccc([nH]2)=Cc2ccc([nH]2)C=c2ccc([nH]2)=C3)cc1. The number of nitrogens with zero attached hydrogens (tertiary/aromatic N) is 1. The average Bonchev–Trinajstić information content (AvgIpc) is 3.67. The molecule has 0 saturated carbocycles. The second kappa shape index (κ2) is 9.80. The van der Waals surface area contributed by atoms with Crippen LogP contribution in [0.3, 0.4) is 0 Å². The molecular weight excluding hydrogens is 470 g/mol. The fourth-order valence-electron chi connectivity index (χ4n) is 4.83. The molecule has 8 bridgehead atoms. The molecule has 5 heterocycles. The van der Waals surface area contributed by atoms with Crippen molar-refractivity contribution in [2.75, 3.05) is 34.3 Å². The van der Waals surface area contributed by atoms with Crippen molar-refractivity contribution in [2.24, 2.45) is 0 Å². The van der Waals surface area contributed by atoms with Crippen molar-refractivity contribution < 1.29 is 9.22 Å². The molecule has 0 aliphatic carbocycles. The normalized spacial score (nSPS) is 12.7. The van der Waals surface area contributed by atoms with Crippen molar-refractivity contribution in [1.29, 1.82) is 0 Å². The molecule has 4 N–H and O–H groups in total. The fraction of sp³-hybridized carbons (Fsp3) is 0.188. The number of nitrogens with one attached hydrogen (secondary N) is 4. The lowest BCUT2D eigenvalue weighted by Gasteiger charge is -2.23. The Kier molecular flexibility index (Phi) is 6.18. The average molecular weight is 505 g/mol. The lowest BCUT2D eigenvalue weighted by Crippen LogP contribution is -2.35. The van der Waals surface area contributed by atoms with Gasteiger partial charge in [-0.2, -0.15) is 0 Å². The molecular formula is C32H34N5O+. The highest BCUT2D eigenvalue weighted by molar-refractivity contribution is 5.76. The van der Waals surface area contributed by atoms with Gasteiger partial charge in [0.15, 0.2) is 0 Å². The summed E-state index contributed by atoms with van der Waals surface area (Å²) in [5, 5.41) is 4.18. The van der Waals surface area contributed by atoms with Crippen LogP contribution >= 0.6 is 0 Å². The number of fused-ring (bicyclic) bond motifs is 8. The molecule has 192 valence electrons. The van der Waals surface area contributed by atoms with Crippen molar-refractivity contribution in [2.45, 2.75) is 6.42 Å². The Bertz CT molecular complexity index is 1800. The van der Waals surface area contributed by atoms with Crippen molar-refractivity contribution in [3.63, 3.8) is 0 Å². The molecule has 6 nitrogen and oxygen atoms in total. The van der Waals surface area contributed by atoms with Crippen LogP contribution in [0.25, 0.3) is 35.4 Å². The van der Waals surface area contributed by atoms with Gasteiger partial charge in [-0.25, -0.2) is 0 Å². The highest BCUT2D eigenvalue weighted by Crippen LogP contribution is 2.28. The van der Waals surface area contributed by atoms with E-state index < -0.39 is 0 Å². The van der Waals surface area contributed by atoms with E-state index in [0.29, 0.717) is 0 Å². The highest BCUT2D eigenvalue weighted by atomic mass is 16.5. The maximum absolute atomic E-state index is 6.01. The van der Waals surface area contributed by atoms with Gasteiger partial charge >= 0.3 is 0 Å². The second-order valence-electron chi connectivity index (χ2n) is 11.0. The molecule has 4 aromatic heterocycles. The molecule has 0 unspecified atom stereocenters. The van der Waals surface area contributed by atoms with Crippen LogP contribution in [-0.4, -0.2) is 58.7 Å². The Morgan fingerprint density at radius 3 is 1.79 bits per heavy atom. The van der Waals surface area contributed by atoms with Crippen molar-refractivity contribution in [3.8, 4) is 16.9 Å². The zero-order chi connectivity index (χ0) is 26.1. The van der Waals surface area contributed by atoms with Crippen molar-refractivity contribution in [1.82, 2.24) is 19.9 Å². The molecule has 6 rings (SSSR count). The first kappa shape index (κ1) is 23.9. The molecule has 0 atom stereocenters. The van der Waals surface area contributed by atoms with E-state index in [4.69, 9.17) is 4.74 Å². The summed E-state index contributed by atoms with van der Waals surface area (Å²) >= 11 is 0. The molecule has 0 fully saturated rings. The van der Waals surface area contributed by atoms with E-state index >= 15 is 0 Å². The van der Waals surface area contributed by atoms with Crippen LogP contribution in [0.5, 0.6) is 5.75 Å². The Labute approximate surface area is 221 Å². The second-order valence-corrected chi connectivity index (χ2v) is 11.0. The van der Waals surface area contributed by atoms with Crippen LogP contribution in [0.4, 0.5) is 0 Å². The first-order chi connectivity index (χ1) is 18.4. The number of aromatic nitrogens is 4. The third kappa shape index (κ3) is 5.61. The maximum atomic E-state index is 6.01. The Balaban J connectivity index is 1.37. The van der Waals surface area contributed by atoms with Gasteiger partial charge in [-0.3, -0.25) is 0 Å². The molecule has 0 saturated heterocycles. The Morgan fingerprint density at radius 1 is 0.605 bits per heavy atom. The molecule has 38 heavy (non-hydrogen) atoms. The standard InChI is InChI=1S/C32H34N5O/c1-37(2,3)15-4-16-38-30-13-5-22(6-14-30)31-20-29-19-27-10-9-25(34-27)17-23-7-8-24(33-23)18-26-11-12-28(35-26)21-32(31)36-29/h5-14,17-21,33-36H,4,15-16H2,1-3H3/q+1. The van der Waals surface area contributed by atoms with Gasteiger partial charge in [-0.15, -0.1) is 0 Å². The van der Waals surface area contributed by atoms with Crippen LogP contribution in [0.15, 0.2) is 66.7 Å². The minimum Gasteiger partial charge on any atom is -0.493 e. The molecule has 6 heteroatoms. The highest BCUT2D eigenvalue weighted by Gasteiger charge is 2.10. The van der Waals surface area contributed by atoms with E-state index in [1.807, 2.05) is 0 Å². The van der Waals surface area contributed by atoms with Crippen LogP contribution in [-0.2, 0) is 0 Å². The van der Waals surface area contributed by atoms with Gasteiger partial charge in [0.2, 0.25) is 0 Å². The largest absolute Gasteiger partial charge is 0.493 e. The van der Waals surface area contributed by atoms with E-state index in [1.54, 1.807) is 0 Å². The van der Waals surface area contributed by atoms with Crippen LogP contribution in [0, 0.1) is 0 Å². The van der Waals surface area contributed by atoms with Crippen LogP contribution in [0.1, 0.15) is 29.2 Å². The van der Waals surface area contributed by atoms with E-state index in [-0.39, 0.29) is 0 Å². The quantitative estimate of drug-likeness (QED) is 0.204. The Hall–Kier alpha value is -4.42. The predicted molar refractivity (Wildman–Crippen MR) is 154 cm³/mol. The third-order valence-corrected chi connectivity index (χ3v) is 6.70. The van der Waals surface area contributed by atoms with Crippen molar-refractivity contribution in [3.05, 3.63) is 111 Å². The Morgan fingerprint density at radius 2 is 1.18 bits per heavy atom. The van der Waals surface area contributed by atoms with E-state index in [2.05, 4.69) is 132 Å². The van der Waals surface area contributed by atoms with Gasteiger partial charge in [0.25, 0.3) is 0 Å². The molecule has 0 spiro atoms. The molecule has 0 radical (unpaired) electrons. The summed E-state index contributed by atoms with van der Waals surface area (Å²) < 4.78 is 6.95. The summed E-state index contributed by atoms with van der Waals surface area (Å²) in [6.45, 7) is 1.81. The number of ether oxygens (including phenoxy) is 1. The lowest BCUT2D eigenvalue weighted by molar-refractivity contribution is -0.870. The minimum atomic E-state index is 0.725. The molecule has 1 aliphatic rings. The summed E-state index contributed by atoms with van der Waals surface area (Å²) in [5.41, 5.74) is 6.48. The molecule has 5 aromatic rings. The number of H-pyrrole nitrogens is 4. The van der Waals surface area contributed by atoms with Gasteiger partial charge in [0.05, 0.1) is 34.3 Å². The number of benzene rings is 1. The number of rotatable bonds is 6. The molecule has 0 amide bonds. The first-order valence-corrected chi connectivity index (χ1v) is 13.1. The number of quaternary nitrogens is 1. The van der Waals surface area contributed by atoms with E-state index in [1.165, 1.54) is 0 Å². The van der Waals surface area contributed by atoms with Crippen LogP contribution < -0.4 is 26.1 Å². The maximum Gasteiger partial charge on any atom is 0.119 e. The van der Waals surface area contributed by atoms with Gasteiger partial charge in [-0.1, -0.05) is 12.1 Å². The third-order valence-electron chi connectivity index (χ3n) is 6.70. The summed E-state index contributed by atoms with van der Waals surface area (Å²) in [7, 11) is 6.62. The lowest BCUT2D eigenvalue weighted by atomic mass is 10.1. The zero-order valence-corrected chi connectivity index (χ0v) is 22.1. The number of aromatic amines is 4. The van der Waals surface area contributed by atoms with E-state index in [0.717, 1.165) is 85.1 Å². The van der Waals surface area contributed by atoms with Crippen LogP contribution in [0.2, 0.25) is 0 Å². The van der Waals surface area contributed by atoms with Gasteiger partial charge < -0.3 is 29.2 Å². The summed E-state index contributed by atoms with van der Waals surface area (Å²) in [5.74, 6) is 0.903. The smallest absolute Gasteiger partial charge is 0.119 e. The monoisotopic (exact) mass is 504 g/mol. The fourth-order valence-corrected chi connectivity index (χ4v) is 4.83. The van der Waals surface area contributed by atoms with Gasteiger partial charge in [-0.05, 0) is 84.5 Å². The summed E-state index contributed by atoms with van der Waals surface area (Å²) in [4.78, 5) is 14.1. The van der Waals surface area contributed by atoms with E-state index in [9.17, 15) is 0 Å². The number of hydrogen-bond acceptors (Lipinski definition) is 1. The minimum absolute atomic E-state index is 0.725. The molecule has 1 aromatic carbocycles. The zero-order valence-electron chi connectivity index (χ0n) is 22.1. The van der Waals surface area contributed by atoms with Gasteiger partial charge in [0, 0.05) is 56.2 Å². The topological polar surface area (TPSA) is 72.4 Å². The first-order valence-electron chi connectivity index (χ1n) is 13.1. The number of hydrogen-bond donors (Lipinski definition) is 4.